The van der Waals surface area contributed by atoms with Gasteiger partial charge in [0.1, 0.15) is 0 Å². The van der Waals surface area contributed by atoms with E-state index in [-0.39, 0.29) is 0 Å². The topological polar surface area (TPSA) is 63.3 Å². The number of hydrogen-bond donors (Lipinski definition) is 2. The molecule has 2 rings (SSSR count). The molecule has 0 aliphatic heterocycles. The van der Waals surface area contributed by atoms with E-state index in [0.29, 0.717) is 12.5 Å². The van der Waals surface area contributed by atoms with Crippen molar-refractivity contribution in [3.63, 3.8) is 0 Å². The van der Waals surface area contributed by atoms with Gasteiger partial charge in [-0.05, 0) is 18.4 Å². The molecule has 1 aromatic heterocycles. The van der Waals surface area contributed by atoms with Crippen molar-refractivity contribution in [2.24, 2.45) is 10.7 Å². The quantitative estimate of drug-likeness (QED) is 0.390. The van der Waals surface area contributed by atoms with Crippen LogP contribution in [0, 0.1) is 0 Å². The summed E-state index contributed by atoms with van der Waals surface area (Å²) in [7, 11) is 0. The second-order valence-electron chi connectivity index (χ2n) is 5.91. The molecular formula is C19H28N4S. The number of aryl methyl sites for hydroxylation is 2. The lowest BCUT2D eigenvalue weighted by molar-refractivity contribution is 0.652. The maximum Gasteiger partial charge on any atom is 0.188 e. The molecule has 0 amide bonds. The summed E-state index contributed by atoms with van der Waals surface area (Å²) < 4.78 is 0. The normalized spacial score (nSPS) is 11.6. The molecule has 24 heavy (non-hydrogen) atoms. The number of nitrogens with zero attached hydrogens (tertiary/aromatic N) is 2. The van der Waals surface area contributed by atoms with Gasteiger partial charge in [-0.3, -0.25) is 0 Å². The number of guanidine groups is 1. The number of unbranched alkanes of at least 4 members (excludes halogenated alkanes) is 3. The van der Waals surface area contributed by atoms with Gasteiger partial charge in [-0.15, -0.1) is 11.3 Å². The van der Waals surface area contributed by atoms with Crippen molar-refractivity contribution < 1.29 is 0 Å². The smallest absolute Gasteiger partial charge is 0.188 e. The molecule has 5 heteroatoms. The third kappa shape index (κ3) is 7.13. The third-order valence-electron chi connectivity index (χ3n) is 3.82. The van der Waals surface area contributed by atoms with Gasteiger partial charge in [-0.25, -0.2) is 9.98 Å². The number of benzene rings is 1. The van der Waals surface area contributed by atoms with E-state index in [4.69, 9.17) is 5.73 Å². The number of thiazole rings is 1. The minimum absolute atomic E-state index is 0.519. The second-order valence-corrected chi connectivity index (χ2v) is 6.85. The highest BCUT2D eigenvalue weighted by molar-refractivity contribution is 7.09. The number of hydrogen-bond acceptors (Lipinski definition) is 3. The largest absolute Gasteiger partial charge is 0.370 e. The first-order valence-electron chi connectivity index (χ1n) is 8.79. The van der Waals surface area contributed by atoms with Crippen LogP contribution in [0.25, 0.3) is 0 Å². The fourth-order valence-electron chi connectivity index (χ4n) is 2.42. The van der Waals surface area contributed by atoms with Crippen molar-refractivity contribution in [2.45, 2.75) is 52.0 Å². The maximum absolute atomic E-state index is 5.89. The first kappa shape index (κ1) is 18.5. The number of aliphatic imine (C=N–C) groups is 1. The van der Waals surface area contributed by atoms with Crippen molar-refractivity contribution in [1.82, 2.24) is 10.3 Å². The molecule has 0 aliphatic carbocycles. The van der Waals surface area contributed by atoms with Crippen molar-refractivity contribution in [3.05, 3.63) is 52.0 Å². The lowest BCUT2D eigenvalue weighted by Gasteiger charge is -2.04. The van der Waals surface area contributed by atoms with Crippen LogP contribution < -0.4 is 11.1 Å². The molecule has 0 atom stereocenters. The Morgan fingerprint density at radius 2 is 2.00 bits per heavy atom. The first-order chi connectivity index (χ1) is 11.8. The Morgan fingerprint density at radius 3 is 2.79 bits per heavy atom. The number of rotatable bonds is 10. The first-order valence-corrected chi connectivity index (χ1v) is 9.67. The van der Waals surface area contributed by atoms with E-state index in [1.807, 2.05) is 6.07 Å². The van der Waals surface area contributed by atoms with Gasteiger partial charge < -0.3 is 11.1 Å². The molecule has 0 spiro atoms. The molecule has 4 nitrogen and oxygen atoms in total. The zero-order chi connectivity index (χ0) is 17.0. The van der Waals surface area contributed by atoms with Gasteiger partial charge in [0.05, 0.1) is 17.2 Å². The van der Waals surface area contributed by atoms with E-state index in [9.17, 15) is 0 Å². The third-order valence-corrected chi connectivity index (χ3v) is 4.77. The number of aromatic nitrogens is 1. The summed E-state index contributed by atoms with van der Waals surface area (Å²) in [5.74, 6) is 0.519. The molecule has 0 fully saturated rings. The Kier molecular flexibility index (Phi) is 8.32. The van der Waals surface area contributed by atoms with Gasteiger partial charge in [0.25, 0.3) is 0 Å². The summed E-state index contributed by atoms with van der Waals surface area (Å²) in [6, 6.07) is 10.5. The van der Waals surface area contributed by atoms with E-state index in [1.165, 1.54) is 24.8 Å². The highest BCUT2D eigenvalue weighted by atomic mass is 32.1. The Morgan fingerprint density at radius 1 is 1.17 bits per heavy atom. The Bertz CT molecular complexity index is 607. The summed E-state index contributed by atoms with van der Waals surface area (Å²) >= 11 is 1.71. The van der Waals surface area contributed by atoms with E-state index in [1.54, 1.807) is 11.3 Å². The molecule has 0 unspecified atom stereocenters. The lowest BCUT2D eigenvalue weighted by atomic mass is 10.1. The highest BCUT2D eigenvalue weighted by Gasteiger charge is 2.03. The summed E-state index contributed by atoms with van der Waals surface area (Å²) in [6.45, 7) is 3.66. The van der Waals surface area contributed by atoms with Crippen LogP contribution in [0.5, 0.6) is 0 Å². The van der Waals surface area contributed by atoms with E-state index in [2.05, 4.69) is 51.9 Å². The molecule has 0 saturated heterocycles. The molecule has 1 aromatic carbocycles. The van der Waals surface area contributed by atoms with E-state index >= 15 is 0 Å². The van der Waals surface area contributed by atoms with Gasteiger partial charge in [-0.2, -0.15) is 0 Å². The van der Waals surface area contributed by atoms with Crippen LogP contribution in [0.3, 0.4) is 0 Å². The molecule has 2 aromatic rings. The maximum atomic E-state index is 5.89. The summed E-state index contributed by atoms with van der Waals surface area (Å²) in [6.07, 6.45) is 6.92. The average molecular weight is 345 g/mol. The molecule has 0 saturated carbocycles. The van der Waals surface area contributed by atoms with Crippen molar-refractivity contribution in [1.29, 1.82) is 0 Å². The molecule has 0 aliphatic rings. The predicted octanol–water partition coefficient (Wildman–Crippen LogP) is 3.91. The summed E-state index contributed by atoms with van der Waals surface area (Å²) in [5, 5.41) is 6.41. The van der Waals surface area contributed by atoms with Crippen LogP contribution in [-0.4, -0.2) is 17.5 Å². The Balaban J connectivity index is 1.69. The van der Waals surface area contributed by atoms with Crippen LogP contribution in [0.1, 0.15) is 48.9 Å². The van der Waals surface area contributed by atoms with E-state index in [0.717, 1.165) is 36.5 Å². The van der Waals surface area contributed by atoms with Gasteiger partial charge in [0.2, 0.25) is 0 Å². The predicted molar refractivity (Wildman–Crippen MR) is 103 cm³/mol. The second kappa shape index (κ2) is 10.8. The van der Waals surface area contributed by atoms with Crippen LogP contribution in [-0.2, 0) is 19.4 Å². The molecule has 130 valence electrons. The SMILES string of the molecule is CCCCCCNC(N)=NCc1csc(CCc2ccccc2)n1. The molecule has 1 heterocycles. The van der Waals surface area contributed by atoms with Crippen molar-refractivity contribution in [2.75, 3.05) is 6.54 Å². The molecule has 0 radical (unpaired) electrons. The van der Waals surface area contributed by atoms with Crippen LogP contribution in [0.4, 0.5) is 0 Å². The molecule has 0 bridgehead atoms. The van der Waals surface area contributed by atoms with Gasteiger partial charge in [0.15, 0.2) is 5.96 Å². The molecular weight excluding hydrogens is 316 g/mol. The number of nitrogens with two attached hydrogens (primary N) is 1. The number of nitrogens with one attached hydrogen (secondary N) is 1. The van der Waals surface area contributed by atoms with Gasteiger partial charge in [-0.1, -0.05) is 56.5 Å². The zero-order valence-corrected chi connectivity index (χ0v) is 15.3. The van der Waals surface area contributed by atoms with Crippen LogP contribution >= 0.6 is 11.3 Å². The molecule has 3 N–H and O–H groups in total. The average Bonchev–Trinajstić information content (AvgIpc) is 3.07. The van der Waals surface area contributed by atoms with Gasteiger partial charge in [0, 0.05) is 18.3 Å². The summed E-state index contributed by atoms with van der Waals surface area (Å²) in [4.78, 5) is 9.02. The van der Waals surface area contributed by atoms with Crippen LogP contribution in [0.2, 0.25) is 0 Å². The monoisotopic (exact) mass is 344 g/mol. The summed E-state index contributed by atoms with van der Waals surface area (Å²) in [5.41, 5.74) is 8.24. The van der Waals surface area contributed by atoms with Gasteiger partial charge >= 0.3 is 0 Å². The lowest BCUT2D eigenvalue weighted by Crippen LogP contribution is -2.32. The minimum atomic E-state index is 0.519. The minimum Gasteiger partial charge on any atom is -0.370 e. The Labute approximate surface area is 149 Å². The van der Waals surface area contributed by atoms with Crippen LogP contribution in [0.15, 0.2) is 40.7 Å². The zero-order valence-electron chi connectivity index (χ0n) is 14.5. The van der Waals surface area contributed by atoms with Crippen molar-refractivity contribution >= 4 is 17.3 Å². The van der Waals surface area contributed by atoms with Crippen molar-refractivity contribution in [3.8, 4) is 0 Å². The van der Waals surface area contributed by atoms with E-state index < -0.39 is 0 Å². The Hall–Kier alpha value is -1.88. The fourth-order valence-corrected chi connectivity index (χ4v) is 3.21. The standard InChI is InChI=1S/C19H28N4S/c1-2-3-4-8-13-21-19(20)22-14-17-15-24-18(23-17)12-11-16-9-6-5-7-10-16/h5-7,9-10,15H,2-4,8,11-14H2,1H3,(H3,20,21,22). The fraction of sp³-hybridized carbons (Fsp3) is 0.474. The highest BCUT2D eigenvalue weighted by Crippen LogP contribution is 2.13.